The number of nitrogens with one attached hydrogen (secondary N) is 1. The van der Waals surface area contributed by atoms with Crippen LogP contribution in [0.2, 0.25) is 0 Å². The van der Waals surface area contributed by atoms with E-state index in [2.05, 4.69) is 5.32 Å². The van der Waals surface area contributed by atoms with E-state index in [9.17, 15) is 9.59 Å². The highest BCUT2D eigenvalue weighted by atomic mass is 16.2. The summed E-state index contributed by atoms with van der Waals surface area (Å²) in [5.41, 5.74) is 5.83. The first-order chi connectivity index (χ1) is 7.58. The van der Waals surface area contributed by atoms with Crippen LogP contribution in [0, 0.1) is 11.8 Å². The van der Waals surface area contributed by atoms with Gasteiger partial charge < -0.3 is 16.0 Å². The molecule has 0 radical (unpaired) electrons. The van der Waals surface area contributed by atoms with E-state index in [-0.39, 0.29) is 23.8 Å². The average molecular weight is 225 g/mol. The molecule has 2 heterocycles. The van der Waals surface area contributed by atoms with Crippen LogP contribution in [-0.4, -0.2) is 42.4 Å². The van der Waals surface area contributed by atoms with Crippen molar-refractivity contribution in [2.45, 2.75) is 25.8 Å². The Bertz CT molecular complexity index is 304. The number of rotatable bonds is 2. The molecule has 2 saturated heterocycles. The zero-order valence-corrected chi connectivity index (χ0v) is 9.61. The van der Waals surface area contributed by atoms with Crippen molar-refractivity contribution in [1.82, 2.24) is 10.2 Å². The first kappa shape index (κ1) is 11.4. The monoisotopic (exact) mass is 225 g/mol. The number of amides is 2. The summed E-state index contributed by atoms with van der Waals surface area (Å²) in [7, 11) is 0. The molecule has 2 fully saturated rings. The molecule has 2 aliphatic heterocycles. The summed E-state index contributed by atoms with van der Waals surface area (Å²) >= 11 is 0. The highest BCUT2D eigenvalue weighted by Crippen LogP contribution is 2.22. The lowest BCUT2D eigenvalue weighted by molar-refractivity contribution is -0.134. The average Bonchev–Trinajstić information content (AvgIpc) is 2.84. The lowest BCUT2D eigenvalue weighted by Crippen LogP contribution is -2.37. The molecule has 2 amide bonds. The van der Waals surface area contributed by atoms with Gasteiger partial charge in [0.1, 0.15) is 0 Å². The van der Waals surface area contributed by atoms with Gasteiger partial charge in [-0.1, -0.05) is 0 Å². The van der Waals surface area contributed by atoms with Crippen LogP contribution in [0.3, 0.4) is 0 Å². The number of nitrogens with two attached hydrogens (primary N) is 1. The predicted molar refractivity (Wildman–Crippen MR) is 59.5 cm³/mol. The molecule has 16 heavy (non-hydrogen) atoms. The molecule has 2 rings (SSSR count). The topological polar surface area (TPSA) is 75.4 Å². The van der Waals surface area contributed by atoms with E-state index >= 15 is 0 Å². The Hall–Kier alpha value is -1.10. The Labute approximate surface area is 95.3 Å². The van der Waals surface area contributed by atoms with Crippen molar-refractivity contribution in [3.8, 4) is 0 Å². The molecule has 90 valence electrons. The van der Waals surface area contributed by atoms with E-state index in [4.69, 9.17) is 5.73 Å². The smallest absolute Gasteiger partial charge is 0.227 e. The second kappa shape index (κ2) is 4.41. The Balaban J connectivity index is 1.89. The van der Waals surface area contributed by atoms with Crippen LogP contribution in [0.4, 0.5) is 0 Å². The van der Waals surface area contributed by atoms with Gasteiger partial charge in [-0.2, -0.15) is 0 Å². The molecular formula is C11H19N3O2. The Kier molecular flexibility index (Phi) is 3.14. The Morgan fingerprint density at radius 3 is 2.88 bits per heavy atom. The van der Waals surface area contributed by atoms with E-state index in [1.165, 1.54) is 0 Å². The standard InChI is InChI=1S/C11H19N3O2/c1-7(12)8-2-3-14(6-8)11(16)9-4-10(15)13-5-9/h7-9H,2-6,12H2,1H3,(H,13,15). The second-order valence-electron chi connectivity index (χ2n) is 4.90. The Morgan fingerprint density at radius 2 is 2.38 bits per heavy atom. The molecule has 0 saturated carbocycles. The molecule has 3 unspecified atom stereocenters. The van der Waals surface area contributed by atoms with E-state index < -0.39 is 0 Å². The van der Waals surface area contributed by atoms with Gasteiger partial charge in [-0.05, 0) is 19.3 Å². The third-order valence-electron chi connectivity index (χ3n) is 3.61. The lowest BCUT2D eigenvalue weighted by atomic mass is 10.0. The van der Waals surface area contributed by atoms with E-state index in [0.717, 1.165) is 19.5 Å². The van der Waals surface area contributed by atoms with E-state index in [0.29, 0.717) is 18.9 Å². The highest BCUT2D eigenvalue weighted by molar-refractivity contribution is 5.89. The number of carbonyl (C=O) groups is 2. The number of hydrogen-bond acceptors (Lipinski definition) is 3. The molecule has 0 aliphatic carbocycles. The maximum Gasteiger partial charge on any atom is 0.227 e. The van der Waals surface area contributed by atoms with Gasteiger partial charge in [0.25, 0.3) is 0 Å². The first-order valence-corrected chi connectivity index (χ1v) is 5.89. The normalized spacial score (nSPS) is 31.6. The van der Waals surface area contributed by atoms with Gasteiger partial charge in [0.15, 0.2) is 0 Å². The van der Waals surface area contributed by atoms with Crippen LogP contribution < -0.4 is 11.1 Å². The molecule has 0 aromatic heterocycles. The summed E-state index contributed by atoms with van der Waals surface area (Å²) in [5, 5.41) is 2.70. The van der Waals surface area contributed by atoms with Crippen LogP contribution >= 0.6 is 0 Å². The predicted octanol–water partition coefficient (Wildman–Crippen LogP) is -0.682. The minimum Gasteiger partial charge on any atom is -0.355 e. The maximum atomic E-state index is 12.1. The number of nitrogens with zero attached hydrogens (tertiary/aromatic N) is 1. The summed E-state index contributed by atoms with van der Waals surface area (Å²) in [5.74, 6) is 0.358. The zero-order chi connectivity index (χ0) is 11.7. The molecule has 3 N–H and O–H groups in total. The first-order valence-electron chi connectivity index (χ1n) is 5.89. The zero-order valence-electron chi connectivity index (χ0n) is 9.61. The summed E-state index contributed by atoms with van der Waals surface area (Å²) in [6.07, 6.45) is 1.33. The fourth-order valence-corrected chi connectivity index (χ4v) is 2.45. The lowest BCUT2D eigenvalue weighted by Gasteiger charge is -2.20. The molecule has 3 atom stereocenters. The van der Waals surface area contributed by atoms with Crippen molar-refractivity contribution >= 4 is 11.8 Å². The van der Waals surface area contributed by atoms with Gasteiger partial charge in [0.2, 0.25) is 11.8 Å². The minimum absolute atomic E-state index is 0.0127. The van der Waals surface area contributed by atoms with Crippen molar-refractivity contribution < 1.29 is 9.59 Å². The molecule has 2 aliphatic rings. The summed E-state index contributed by atoms with van der Waals surface area (Å²) in [4.78, 5) is 25.0. The van der Waals surface area contributed by atoms with Crippen LogP contribution in [-0.2, 0) is 9.59 Å². The number of carbonyl (C=O) groups excluding carboxylic acids is 2. The molecular weight excluding hydrogens is 206 g/mol. The van der Waals surface area contributed by atoms with Gasteiger partial charge >= 0.3 is 0 Å². The quantitative estimate of drug-likeness (QED) is 0.653. The largest absolute Gasteiger partial charge is 0.355 e. The van der Waals surface area contributed by atoms with E-state index in [1.807, 2.05) is 11.8 Å². The van der Waals surface area contributed by atoms with E-state index in [1.54, 1.807) is 0 Å². The maximum absolute atomic E-state index is 12.1. The van der Waals surface area contributed by atoms with Gasteiger partial charge in [-0.15, -0.1) is 0 Å². The number of hydrogen-bond donors (Lipinski definition) is 2. The summed E-state index contributed by atoms with van der Waals surface area (Å²) in [6, 6.07) is 0.140. The molecule has 5 nitrogen and oxygen atoms in total. The van der Waals surface area contributed by atoms with Gasteiger partial charge in [0, 0.05) is 32.1 Å². The SMILES string of the molecule is CC(N)C1CCN(C(=O)C2CNC(=O)C2)C1. The summed E-state index contributed by atoms with van der Waals surface area (Å²) < 4.78 is 0. The summed E-state index contributed by atoms with van der Waals surface area (Å²) in [6.45, 7) is 4.02. The van der Waals surface area contributed by atoms with Crippen LogP contribution in [0.15, 0.2) is 0 Å². The number of likely N-dealkylation sites (tertiary alicyclic amines) is 1. The molecule has 0 spiro atoms. The van der Waals surface area contributed by atoms with Crippen molar-refractivity contribution in [2.75, 3.05) is 19.6 Å². The van der Waals surface area contributed by atoms with Gasteiger partial charge in [-0.25, -0.2) is 0 Å². The van der Waals surface area contributed by atoms with Crippen molar-refractivity contribution in [3.05, 3.63) is 0 Å². The third-order valence-corrected chi connectivity index (χ3v) is 3.61. The second-order valence-corrected chi connectivity index (χ2v) is 4.90. The fourth-order valence-electron chi connectivity index (χ4n) is 2.45. The van der Waals surface area contributed by atoms with Gasteiger partial charge in [-0.3, -0.25) is 9.59 Å². The van der Waals surface area contributed by atoms with Crippen molar-refractivity contribution in [2.24, 2.45) is 17.6 Å². The van der Waals surface area contributed by atoms with Crippen LogP contribution in [0.1, 0.15) is 19.8 Å². The molecule has 0 aromatic carbocycles. The van der Waals surface area contributed by atoms with Crippen LogP contribution in [0.25, 0.3) is 0 Å². The van der Waals surface area contributed by atoms with Gasteiger partial charge in [0.05, 0.1) is 5.92 Å². The molecule has 0 bridgehead atoms. The molecule has 0 aromatic rings. The highest BCUT2D eigenvalue weighted by Gasteiger charge is 2.35. The van der Waals surface area contributed by atoms with Crippen molar-refractivity contribution in [1.29, 1.82) is 0 Å². The fraction of sp³-hybridized carbons (Fsp3) is 0.818. The molecule has 5 heteroatoms. The third kappa shape index (κ3) is 2.19. The van der Waals surface area contributed by atoms with Crippen LogP contribution in [0.5, 0.6) is 0 Å². The Morgan fingerprint density at radius 1 is 1.62 bits per heavy atom. The van der Waals surface area contributed by atoms with Crippen molar-refractivity contribution in [3.63, 3.8) is 0 Å². The minimum atomic E-state index is -0.153.